The smallest absolute Gasteiger partial charge is 0.237 e. The van der Waals surface area contributed by atoms with Gasteiger partial charge in [-0.25, -0.2) is 9.97 Å². The molecule has 0 spiro atoms. The van der Waals surface area contributed by atoms with Gasteiger partial charge in [-0.05, 0) is 36.6 Å². The number of ether oxygens (including phenoxy) is 2. The molecule has 0 aliphatic carbocycles. The Labute approximate surface area is 182 Å². The monoisotopic (exact) mass is 423 g/mol. The molecule has 2 saturated heterocycles. The van der Waals surface area contributed by atoms with Gasteiger partial charge in [-0.15, -0.1) is 0 Å². The molecule has 8 heteroatoms. The molecule has 8 nitrogen and oxygen atoms in total. The normalized spacial score (nSPS) is 21.7. The highest BCUT2D eigenvalue weighted by Crippen LogP contribution is 2.38. The fourth-order valence-corrected chi connectivity index (χ4v) is 4.64. The number of rotatable bonds is 4. The molecule has 31 heavy (non-hydrogen) atoms. The number of likely N-dealkylation sites (tertiary alicyclic amines) is 1. The molecule has 0 bridgehead atoms. The van der Waals surface area contributed by atoms with Crippen LogP contribution in [0.1, 0.15) is 30.9 Å². The standard InChI is InChI=1S/C23H29N5O3/c29-22(17-26-10-12-27(13-11-26)23-24-7-2-8-25-23)28-9-1-4-19(28)18-5-6-20-21(16-18)31-15-3-14-30-20/h2,5-8,16,19H,1,3-4,9-15,17H2/t19-/m0/s1. The zero-order valence-corrected chi connectivity index (χ0v) is 17.8. The molecule has 4 heterocycles. The molecular formula is C23H29N5O3. The van der Waals surface area contributed by atoms with Crippen LogP contribution in [0.3, 0.4) is 0 Å². The third kappa shape index (κ3) is 4.44. The maximum Gasteiger partial charge on any atom is 0.237 e. The first-order valence-electron chi connectivity index (χ1n) is 11.2. The average molecular weight is 424 g/mol. The highest BCUT2D eigenvalue weighted by Gasteiger charge is 2.32. The summed E-state index contributed by atoms with van der Waals surface area (Å²) in [7, 11) is 0. The quantitative estimate of drug-likeness (QED) is 0.746. The number of piperazine rings is 1. The molecule has 3 aliphatic heterocycles. The van der Waals surface area contributed by atoms with Gasteiger partial charge in [-0.2, -0.15) is 0 Å². The van der Waals surface area contributed by atoms with Crippen molar-refractivity contribution < 1.29 is 14.3 Å². The van der Waals surface area contributed by atoms with E-state index in [0.717, 1.165) is 75.0 Å². The SMILES string of the molecule is O=C(CN1CCN(c2ncccn2)CC1)N1CCC[C@H]1c1ccc2c(c1)OCCCO2. The predicted molar refractivity (Wildman–Crippen MR) is 116 cm³/mol. The van der Waals surface area contributed by atoms with E-state index in [1.54, 1.807) is 12.4 Å². The molecular weight excluding hydrogens is 394 g/mol. The van der Waals surface area contributed by atoms with Crippen LogP contribution in [0.15, 0.2) is 36.7 Å². The van der Waals surface area contributed by atoms with Crippen LogP contribution in [0.2, 0.25) is 0 Å². The summed E-state index contributed by atoms with van der Waals surface area (Å²) >= 11 is 0. The lowest BCUT2D eigenvalue weighted by Gasteiger charge is -2.35. The van der Waals surface area contributed by atoms with Gasteiger partial charge in [0, 0.05) is 51.5 Å². The van der Waals surface area contributed by atoms with E-state index >= 15 is 0 Å². The van der Waals surface area contributed by atoms with Gasteiger partial charge >= 0.3 is 0 Å². The Morgan fingerprint density at radius 2 is 1.74 bits per heavy atom. The summed E-state index contributed by atoms with van der Waals surface area (Å²) in [6.45, 7) is 5.99. The van der Waals surface area contributed by atoms with Crippen LogP contribution in [0, 0.1) is 0 Å². The number of carbonyl (C=O) groups is 1. The maximum absolute atomic E-state index is 13.2. The van der Waals surface area contributed by atoms with E-state index in [1.165, 1.54) is 0 Å². The van der Waals surface area contributed by atoms with E-state index in [4.69, 9.17) is 9.47 Å². The van der Waals surface area contributed by atoms with Crippen LogP contribution in [0.25, 0.3) is 0 Å². The first-order valence-corrected chi connectivity index (χ1v) is 11.2. The molecule has 164 valence electrons. The van der Waals surface area contributed by atoms with Crippen molar-refractivity contribution >= 4 is 11.9 Å². The maximum atomic E-state index is 13.2. The molecule has 0 N–H and O–H groups in total. The number of nitrogens with zero attached hydrogens (tertiary/aromatic N) is 5. The molecule has 1 atom stereocenters. The summed E-state index contributed by atoms with van der Waals surface area (Å²) in [6.07, 6.45) is 6.45. The van der Waals surface area contributed by atoms with Gasteiger partial charge < -0.3 is 19.3 Å². The number of fused-ring (bicyclic) bond motifs is 1. The topological polar surface area (TPSA) is 71.0 Å². The van der Waals surface area contributed by atoms with Crippen LogP contribution in [0.5, 0.6) is 11.5 Å². The summed E-state index contributed by atoms with van der Waals surface area (Å²) in [6, 6.07) is 8.08. The summed E-state index contributed by atoms with van der Waals surface area (Å²) in [5, 5.41) is 0. The van der Waals surface area contributed by atoms with E-state index in [0.29, 0.717) is 19.8 Å². The fraction of sp³-hybridized carbons (Fsp3) is 0.522. The Morgan fingerprint density at radius 3 is 2.55 bits per heavy atom. The summed E-state index contributed by atoms with van der Waals surface area (Å²) in [4.78, 5) is 28.3. The molecule has 5 rings (SSSR count). The van der Waals surface area contributed by atoms with E-state index < -0.39 is 0 Å². The van der Waals surface area contributed by atoms with Gasteiger partial charge in [0.15, 0.2) is 11.5 Å². The fourth-order valence-electron chi connectivity index (χ4n) is 4.64. The lowest BCUT2D eigenvalue weighted by atomic mass is 10.0. The van der Waals surface area contributed by atoms with E-state index in [9.17, 15) is 4.79 Å². The first-order chi connectivity index (χ1) is 15.3. The number of carbonyl (C=O) groups excluding carboxylic acids is 1. The highest BCUT2D eigenvalue weighted by atomic mass is 16.5. The van der Waals surface area contributed by atoms with E-state index in [-0.39, 0.29) is 11.9 Å². The van der Waals surface area contributed by atoms with Crippen LogP contribution in [0.4, 0.5) is 5.95 Å². The Balaban J connectivity index is 1.20. The Morgan fingerprint density at radius 1 is 0.968 bits per heavy atom. The molecule has 0 radical (unpaired) electrons. The van der Waals surface area contributed by atoms with Gasteiger partial charge in [0.05, 0.1) is 25.8 Å². The van der Waals surface area contributed by atoms with Gasteiger partial charge in [-0.3, -0.25) is 9.69 Å². The number of benzene rings is 1. The van der Waals surface area contributed by atoms with Gasteiger partial charge in [0.25, 0.3) is 0 Å². The van der Waals surface area contributed by atoms with Crippen molar-refractivity contribution in [3.63, 3.8) is 0 Å². The average Bonchev–Trinajstić information content (AvgIpc) is 3.19. The van der Waals surface area contributed by atoms with Gasteiger partial charge in [-0.1, -0.05) is 6.07 Å². The van der Waals surface area contributed by atoms with Crippen molar-refractivity contribution in [3.05, 3.63) is 42.2 Å². The van der Waals surface area contributed by atoms with Crippen molar-refractivity contribution in [1.82, 2.24) is 19.8 Å². The highest BCUT2D eigenvalue weighted by molar-refractivity contribution is 5.79. The molecule has 0 saturated carbocycles. The van der Waals surface area contributed by atoms with Crippen molar-refractivity contribution in [1.29, 1.82) is 0 Å². The number of amides is 1. The Hall–Kier alpha value is -2.87. The lowest BCUT2D eigenvalue weighted by Crippen LogP contribution is -2.50. The van der Waals surface area contributed by atoms with Crippen LogP contribution >= 0.6 is 0 Å². The van der Waals surface area contributed by atoms with Gasteiger partial charge in [0.2, 0.25) is 11.9 Å². The second-order valence-electron chi connectivity index (χ2n) is 8.31. The Kier molecular flexibility index (Phi) is 5.88. The number of aromatic nitrogens is 2. The van der Waals surface area contributed by atoms with Crippen molar-refractivity contribution in [2.24, 2.45) is 0 Å². The summed E-state index contributed by atoms with van der Waals surface area (Å²) in [5.74, 6) is 2.58. The zero-order valence-electron chi connectivity index (χ0n) is 17.8. The minimum Gasteiger partial charge on any atom is -0.490 e. The molecule has 1 aromatic carbocycles. The number of anilines is 1. The zero-order chi connectivity index (χ0) is 21.0. The lowest BCUT2D eigenvalue weighted by molar-refractivity contribution is -0.133. The third-order valence-corrected chi connectivity index (χ3v) is 6.30. The van der Waals surface area contributed by atoms with Crippen molar-refractivity contribution in [2.75, 3.05) is 57.4 Å². The van der Waals surface area contributed by atoms with Crippen LogP contribution in [-0.4, -0.2) is 78.2 Å². The summed E-state index contributed by atoms with van der Waals surface area (Å²) in [5.41, 5.74) is 1.14. The second-order valence-corrected chi connectivity index (χ2v) is 8.31. The molecule has 2 fully saturated rings. The number of hydrogen-bond donors (Lipinski definition) is 0. The van der Waals surface area contributed by atoms with E-state index in [1.807, 2.05) is 17.0 Å². The Bertz CT molecular complexity index is 901. The molecule has 3 aliphatic rings. The third-order valence-electron chi connectivity index (χ3n) is 6.30. The van der Waals surface area contributed by atoms with Crippen LogP contribution in [-0.2, 0) is 4.79 Å². The molecule has 0 unspecified atom stereocenters. The largest absolute Gasteiger partial charge is 0.490 e. The van der Waals surface area contributed by atoms with Crippen molar-refractivity contribution in [3.8, 4) is 11.5 Å². The summed E-state index contributed by atoms with van der Waals surface area (Å²) < 4.78 is 11.6. The van der Waals surface area contributed by atoms with Crippen molar-refractivity contribution in [2.45, 2.75) is 25.3 Å². The molecule has 2 aromatic rings. The van der Waals surface area contributed by atoms with Crippen LogP contribution < -0.4 is 14.4 Å². The molecule has 1 aromatic heterocycles. The van der Waals surface area contributed by atoms with Gasteiger partial charge in [0.1, 0.15) is 0 Å². The number of hydrogen-bond acceptors (Lipinski definition) is 7. The second kappa shape index (κ2) is 9.09. The van der Waals surface area contributed by atoms with E-state index in [2.05, 4.69) is 31.9 Å². The first kappa shape index (κ1) is 20.1. The minimum atomic E-state index is 0.115. The minimum absolute atomic E-state index is 0.115. The predicted octanol–water partition coefficient (Wildman–Crippen LogP) is 2.12. The molecule has 1 amide bonds.